The van der Waals surface area contributed by atoms with E-state index in [9.17, 15) is 0 Å². The van der Waals surface area contributed by atoms with Crippen LogP contribution in [-0.2, 0) is 4.74 Å². The molecule has 2 N–H and O–H groups in total. The number of H-pyrrole nitrogens is 1. The first-order chi connectivity index (χ1) is 6.29. The Kier molecular flexibility index (Phi) is 2.33. The highest BCUT2D eigenvalue weighted by Crippen LogP contribution is 2.21. The van der Waals surface area contributed by atoms with Crippen LogP contribution in [0.1, 0.15) is 24.0 Å². The molecule has 4 heteroatoms. The molecule has 0 saturated carbocycles. The number of imidazole rings is 1. The van der Waals surface area contributed by atoms with Gasteiger partial charge in [-0.05, 0) is 13.3 Å². The minimum Gasteiger partial charge on any atom is -0.380 e. The summed E-state index contributed by atoms with van der Waals surface area (Å²) in [7, 11) is 1.75. The molecule has 0 spiro atoms. The van der Waals surface area contributed by atoms with Gasteiger partial charge in [-0.25, -0.2) is 4.98 Å². The molecule has 2 unspecified atom stereocenters. The smallest absolute Gasteiger partial charge is 0.123 e. The molecular formula is C9H15N3O. The van der Waals surface area contributed by atoms with E-state index in [4.69, 9.17) is 4.74 Å². The topological polar surface area (TPSA) is 49.9 Å². The lowest BCUT2D eigenvalue weighted by molar-refractivity contribution is 0.117. The van der Waals surface area contributed by atoms with Gasteiger partial charge in [0.25, 0.3) is 0 Å². The molecule has 1 aliphatic heterocycles. The van der Waals surface area contributed by atoms with Gasteiger partial charge < -0.3 is 15.0 Å². The van der Waals surface area contributed by atoms with Gasteiger partial charge in [0.1, 0.15) is 5.82 Å². The number of aryl methyl sites for hydroxylation is 1. The predicted octanol–water partition coefficient (Wildman–Crippen LogP) is 0.768. The van der Waals surface area contributed by atoms with Crippen LogP contribution >= 0.6 is 0 Å². The summed E-state index contributed by atoms with van der Waals surface area (Å²) in [6.45, 7) is 2.93. The molecule has 1 fully saturated rings. The van der Waals surface area contributed by atoms with Crippen molar-refractivity contribution < 1.29 is 4.74 Å². The normalized spacial score (nSPS) is 28.2. The van der Waals surface area contributed by atoms with Crippen LogP contribution in [0.5, 0.6) is 0 Å². The molecule has 1 aromatic rings. The zero-order valence-corrected chi connectivity index (χ0v) is 8.00. The largest absolute Gasteiger partial charge is 0.380 e. The highest BCUT2D eigenvalue weighted by atomic mass is 16.5. The summed E-state index contributed by atoms with van der Waals surface area (Å²) in [6.07, 6.45) is 3.19. The number of aromatic nitrogens is 2. The Balaban J connectivity index is 2.03. The van der Waals surface area contributed by atoms with Crippen molar-refractivity contribution in [2.75, 3.05) is 13.7 Å². The first-order valence-corrected chi connectivity index (χ1v) is 4.57. The van der Waals surface area contributed by atoms with Crippen molar-refractivity contribution in [2.24, 2.45) is 0 Å². The molecule has 1 aromatic heterocycles. The first-order valence-electron chi connectivity index (χ1n) is 4.57. The van der Waals surface area contributed by atoms with E-state index in [-0.39, 0.29) is 0 Å². The summed E-state index contributed by atoms with van der Waals surface area (Å²) >= 11 is 0. The van der Waals surface area contributed by atoms with Crippen molar-refractivity contribution in [3.8, 4) is 0 Å². The van der Waals surface area contributed by atoms with Crippen molar-refractivity contribution in [1.82, 2.24) is 15.3 Å². The van der Waals surface area contributed by atoms with E-state index in [0.717, 1.165) is 24.5 Å². The number of aromatic amines is 1. The summed E-state index contributed by atoms with van der Waals surface area (Å²) in [4.78, 5) is 7.53. The second-order valence-electron chi connectivity index (χ2n) is 3.51. The van der Waals surface area contributed by atoms with Gasteiger partial charge in [-0.2, -0.15) is 0 Å². The number of hydrogen-bond donors (Lipinski definition) is 2. The van der Waals surface area contributed by atoms with Gasteiger partial charge in [0.05, 0.1) is 12.1 Å². The maximum atomic E-state index is 5.27. The minimum absolute atomic E-state index is 0.329. The maximum absolute atomic E-state index is 5.27. The molecule has 0 bridgehead atoms. The van der Waals surface area contributed by atoms with Crippen molar-refractivity contribution in [3.63, 3.8) is 0 Å². The van der Waals surface area contributed by atoms with Crippen molar-refractivity contribution in [3.05, 3.63) is 17.7 Å². The Labute approximate surface area is 77.7 Å². The molecule has 0 aliphatic carbocycles. The molecule has 2 atom stereocenters. The third-order valence-electron chi connectivity index (χ3n) is 2.48. The number of methoxy groups -OCH3 is 1. The summed E-state index contributed by atoms with van der Waals surface area (Å²) < 4.78 is 5.27. The van der Waals surface area contributed by atoms with Crippen LogP contribution in [0.3, 0.4) is 0 Å². The molecule has 0 radical (unpaired) electrons. The highest BCUT2D eigenvalue weighted by molar-refractivity contribution is 5.05. The fourth-order valence-electron chi connectivity index (χ4n) is 1.70. The standard InChI is InChI=1S/C9H15N3O/c1-6-4-11-9(12-6)8-3-7(13-2)5-10-8/h4,7-8,10H,3,5H2,1-2H3,(H,11,12). The summed E-state index contributed by atoms with van der Waals surface area (Å²) in [6, 6.07) is 0.332. The van der Waals surface area contributed by atoms with E-state index in [1.165, 1.54) is 0 Å². The van der Waals surface area contributed by atoms with Gasteiger partial charge in [-0.15, -0.1) is 0 Å². The maximum Gasteiger partial charge on any atom is 0.123 e. The molecule has 1 saturated heterocycles. The van der Waals surface area contributed by atoms with Gasteiger partial charge in [0, 0.05) is 25.5 Å². The molecule has 2 heterocycles. The summed E-state index contributed by atoms with van der Waals surface area (Å²) in [5, 5.41) is 3.37. The van der Waals surface area contributed by atoms with Crippen LogP contribution < -0.4 is 5.32 Å². The SMILES string of the molecule is COC1CNC(c2ncc(C)[nH]2)C1. The number of hydrogen-bond acceptors (Lipinski definition) is 3. The fraction of sp³-hybridized carbons (Fsp3) is 0.667. The van der Waals surface area contributed by atoms with Crippen LogP contribution in [0.2, 0.25) is 0 Å². The molecule has 0 amide bonds. The van der Waals surface area contributed by atoms with Crippen molar-refractivity contribution in [2.45, 2.75) is 25.5 Å². The predicted molar refractivity (Wildman–Crippen MR) is 49.5 cm³/mol. The summed E-state index contributed by atoms with van der Waals surface area (Å²) in [5.41, 5.74) is 1.11. The second kappa shape index (κ2) is 3.47. The average Bonchev–Trinajstić information content (AvgIpc) is 2.71. The Morgan fingerprint density at radius 3 is 3.00 bits per heavy atom. The molecular weight excluding hydrogens is 166 g/mol. The van der Waals surface area contributed by atoms with Gasteiger partial charge in [-0.1, -0.05) is 0 Å². The molecule has 2 rings (SSSR count). The number of rotatable bonds is 2. The lowest BCUT2D eigenvalue weighted by Gasteiger charge is -2.06. The monoisotopic (exact) mass is 181 g/mol. The van der Waals surface area contributed by atoms with Crippen LogP contribution in [0.15, 0.2) is 6.20 Å². The van der Waals surface area contributed by atoms with E-state index in [0.29, 0.717) is 12.1 Å². The van der Waals surface area contributed by atoms with E-state index in [1.54, 1.807) is 7.11 Å². The third-order valence-corrected chi connectivity index (χ3v) is 2.48. The van der Waals surface area contributed by atoms with Gasteiger partial charge in [0.15, 0.2) is 0 Å². The number of ether oxygens (including phenoxy) is 1. The third kappa shape index (κ3) is 1.73. The van der Waals surface area contributed by atoms with E-state index < -0.39 is 0 Å². The lowest BCUT2D eigenvalue weighted by atomic mass is 10.2. The van der Waals surface area contributed by atoms with E-state index in [2.05, 4.69) is 15.3 Å². The van der Waals surface area contributed by atoms with Gasteiger partial charge >= 0.3 is 0 Å². The molecule has 4 nitrogen and oxygen atoms in total. The van der Waals surface area contributed by atoms with Gasteiger partial charge in [0.2, 0.25) is 0 Å². The van der Waals surface area contributed by atoms with Crippen LogP contribution in [0.25, 0.3) is 0 Å². The first kappa shape index (κ1) is 8.72. The Morgan fingerprint density at radius 1 is 1.62 bits per heavy atom. The Bertz CT molecular complexity index is 284. The average molecular weight is 181 g/mol. The lowest BCUT2D eigenvalue weighted by Crippen LogP contribution is -2.16. The second-order valence-corrected chi connectivity index (χ2v) is 3.51. The fourth-order valence-corrected chi connectivity index (χ4v) is 1.70. The van der Waals surface area contributed by atoms with E-state index >= 15 is 0 Å². The van der Waals surface area contributed by atoms with Gasteiger partial charge in [-0.3, -0.25) is 0 Å². The zero-order valence-electron chi connectivity index (χ0n) is 8.00. The summed E-state index contributed by atoms with van der Waals surface area (Å²) in [5.74, 6) is 1.03. The Morgan fingerprint density at radius 2 is 2.46 bits per heavy atom. The molecule has 0 aromatic carbocycles. The van der Waals surface area contributed by atoms with Crippen molar-refractivity contribution in [1.29, 1.82) is 0 Å². The van der Waals surface area contributed by atoms with Crippen LogP contribution in [-0.4, -0.2) is 29.7 Å². The molecule has 13 heavy (non-hydrogen) atoms. The quantitative estimate of drug-likeness (QED) is 0.708. The Hall–Kier alpha value is -0.870. The molecule has 1 aliphatic rings. The van der Waals surface area contributed by atoms with Crippen LogP contribution in [0.4, 0.5) is 0 Å². The van der Waals surface area contributed by atoms with Crippen molar-refractivity contribution >= 4 is 0 Å². The number of nitrogens with zero attached hydrogens (tertiary/aromatic N) is 1. The number of nitrogens with one attached hydrogen (secondary N) is 2. The van der Waals surface area contributed by atoms with E-state index in [1.807, 2.05) is 13.1 Å². The molecule has 72 valence electrons. The van der Waals surface area contributed by atoms with Crippen LogP contribution in [0, 0.1) is 6.92 Å². The highest BCUT2D eigenvalue weighted by Gasteiger charge is 2.26. The minimum atomic E-state index is 0.329. The zero-order chi connectivity index (χ0) is 9.26.